The van der Waals surface area contributed by atoms with Gasteiger partial charge in [-0.2, -0.15) is 19.9 Å². The van der Waals surface area contributed by atoms with E-state index in [0.29, 0.717) is 142 Å². The first-order valence-electron chi connectivity index (χ1n) is 64.1. The van der Waals surface area contributed by atoms with Gasteiger partial charge in [-0.15, -0.1) is 0 Å². The quantitative estimate of drug-likeness (QED) is 0.0238. The number of alkyl carbamates (subject to hydrolysis) is 1. The second-order valence-electron chi connectivity index (χ2n) is 42.2. The highest BCUT2D eigenvalue weighted by Crippen LogP contribution is 2.58. The van der Waals surface area contributed by atoms with Crippen molar-refractivity contribution in [2.24, 2.45) is 27.9 Å². The molecule has 45 heteroatoms. The van der Waals surface area contributed by atoms with E-state index in [1.54, 1.807) is 170 Å². The lowest BCUT2D eigenvalue weighted by Crippen LogP contribution is -2.43. The molecule has 20 rings (SSSR count). The summed E-state index contributed by atoms with van der Waals surface area (Å²) in [4.78, 5) is 119. The minimum atomic E-state index is -4.39. The van der Waals surface area contributed by atoms with Gasteiger partial charge < -0.3 is 84.1 Å². The molecule has 4 amide bonds. The highest BCUT2D eigenvalue weighted by molar-refractivity contribution is 7.91. The first kappa shape index (κ1) is 86.4. The molecule has 148 heavy (non-hydrogen) atoms. The third-order valence-electron chi connectivity index (χ3n) is 26.1. The molecule has 40 nitrogen and oxygen atoms in total. The Morgan fingerprint density at radius 2 is 0.858 bits per heavy atom. The normalized spacial score (nSPS) is 17.7. The first-order chi connectivity index (χ1) is 85.6. The van der Waals surface area contributed by atoms with E-state index in [1.165, 1.54) is 93.4 Å². The number of anilines is 5. The minimum Gasteiger partial charge on any atom is -0.505 e. The van der Waals surface area contributed by atoms with Gasteiger partial charge in [0.25, 0.3) is 5.16 Å². The Labute approximate surface area is 903 Å². The largest absolute Gasteiger partial charge is 0.505 e. The van der Waals surface area contributed by atoms with Crippen molar-refractivity contribution in [1.82, 2.24) is 85.4 Å². The fourth-order valence-corrected chi connectivity index (χ4v) is 20.8. The number of rotatable bonds is 18. The van der Waals surface area contributed by atoms with Crippen LogP contribution in [0.25, 0.3) is 65.8 Å². The van der Waals surface area contributed by atoms with E-state index in [1.807, 2.05) is 20.8 Å². The number of nitrogens with zero attached hydrogens (tertiary/aromatic N) is 17. The van der Waals surface area contributed by atoms with E-state index in [9.17, 15) is 36.0 Å². The molecule has 6 fully saturated rings. The third-order valence-corrected chi connectivity index (χ3v) is 29.1. The number of carbonyl (C=O) groups excluding carboxylic acids is 4. The van der Waals surface area contributed by atoms with Gasteiger partial charge in [0, 0.05) is 142 Å². The van der Waals surface area contributed by atoms with Crippen LogP contribution < -0.4 is 59.8 Å². The number of aryl methyl sites for hydroxylation is 3. The molecular formula is C103H156F3N23O17S2. The van der Waals surface area contributed by atoms with Gasteiger partial charge in [-0.25, -0.2) is 89.1 Å². The van der Waals surface area contributed by atoms with Gasteiger partial charge in [0.05, 0.1) is 119 Å². The van der Waals surface area contributed by atoms with Crippen molar-refractivity contribution in [3.63, 3.8) is 0 Å². The molecule has 3 saturated heterocycles. The number of carbonyl (C=O) groups is 4. The number of methoxy groups -OCH3 is 2. The number of nitrogens with two attached hydrogens (primary N) is 1. The maximum atomic E-state index is 15.2. The fourth-order valence-electron chi connectivity index (χ4n) is 18.0. The summed E-state index contributed by atoms with van der Waals surface area (Å²) in [5.74, 6) is 2.72. The zero-order valence-corrected chi connectivity index (χ0v) is 87.9. The Kier molecular flexibility index (Phi) is 23.8. The summed E-state index contributed by atoms with van der Waals surface area (Å²) in [6.07, 6.45) is 13.6. The molecule has 3 spiro atoms. The maximum Gasteiger partial charge on any atom is 0.414 e. The maximum absolute atomic E-state index is 15.2. The molecule has 5 aromatic carbocycles. The molecule has 0 bridgehead atoms. The number of aromatic nitrogens is 15. The predicted octanol–water partition coefficient (Wildman–Crippen LogP) is 21.7. The van der Waals surface area contributed by atoms with Crippen LogP contribution in [-0.4, -0.2) is 230 Å². The molecule has 0 radical (unpaired) electrons. The van der Waals surface area contributed by atoms with E-state index in [-0.39, 0.29) is 70.4 Å². The van der Waals surface area contributed by atoms with Crippen LogP contribution in [0.15, 0.2) is 132 Å². The number of hydrogen-bond acceptors (Lipinski definition) is 33. The van der Waals surface area contributed by atoms with Crippen molar-refractivity contribution in [2.45, 2.75) is 205 Å². The zero-order chi connectivity index (χ0) is 139. The Morgan fingerprint density at radius 3 is 1.22 bits per heavy atom. The van der Waals surface area contributed by atoms with Crippen molar-refractivity contribution >= 4 is 139 Å². The van der Waals surface area contributed by atoms with Gasteiger partial charge in [-0.05, 0) is 226 Å². The molecule has 9 aromatic heterocycles. The molecule has 3 aliphatic carbocycles. The van der Waals surface area contributed by atoms with Gasteiger partial charge in [-0.3, -0.25) is 14.7 Å². The zero-order valence-electron chi connectivity index (χ0n) is 118. The SMILES string of the molecule is CC(C)(C)OC(=O)N[C@H]1CNCC12CC2.COc1ccc(CS(=O)(=O)c2nc(S(=O)(=O)Cc3ccc(OC)cc3)c3c(n2)[nH]c2c(N(C)C(=O)OC(C)(C)C)cc(F)cc23)cc1.Cc1ncc(O)cn1.Cc1ncc(Oc2nc(N3C[C@H](C)C4(CC4)C3)c3c(n2)[nH]c2c(N(C)C(=O)OC(C)(C)C)cc(F)cc23)cn1.Cc1ncc(Oc2nc(N3C[C@H](N)C4(CC4)C3)c3c(n2)[nH]c2c(N(C)C(=O)OC(C)(C)C)cc(F)cc23)cn1.[2HH].[2H][2H].[2H][2H].[2H][2H].[2H][2H].[2H][2H].[2H][2H].[2H][2H].[2H][2H].[2H][2H].[2H][2H].[2H][2H].[2H][2H].[2H][2H].[2H][2H].[2H][2H].[2H][2H]. The Balaban J connectivity index is 0. The topological polar surface area (TPSA) is 499 Å². The number of H-pyrrole nitrogens is 3. The Morgan fingerprint density at radius 1 is 0.493 bits per heavy atom. The van der Waals surface area contributed by atoms with E-state index < -0.39 is 99.5 Å². The summed E-state index contributed by atoms with van der Waals surface area (Å²) < 4.78 is 305. The minimum absolute atomic E-state index is 0. The number of ether oxygens (including phenoxy) is 8. The molecule has 6 aliphatic rings. The van der Waals surface area contributed by atoms with Crippen molar-refractivity contribution in [3.05, 3.63) is 168 Å². The lowest BCUT2D eigenvalue weighted by molar-refractivity contribution is 0.0490. The van der Waals surface area contributed by atoms with Gasteiger partial charge in [0.2, 0.25) is 19.7 Å². The van der Waals surface area contributed by atoms with Crippen LogP contribution in [0.1, 0.15) is 206 Å². The summed E-state index contributed by atoms with van der Waals surface area (Å²) in [5, 5.41) is 15.9. The molecule has 0 unspecified atom stereocenters. The number of aromatic amines is 3. The van der Waals surface area contributed by atoms with Crippen LogP contribution >= 0.6 is 0 Å². The monoisotopic (exact) mass is 2140 g/mol. The number of amides is 4. The molecule has 818 valence electrons. The van der Waals surface area contributed by atoms with Gasteiger partial charge in [0.1, 0.15) is 97.4 Å². The van der Waals surface area contributed by atoms with Crippen LogP contribution in [0.4, 0.5) is 61.0 Å². The fraction of sp³-hybridized carbons (Fsp3) is 0.437. The molecule has 3 aliphatic heterocycles. The first-order valence-corrected chi connectivity index (χ1v) is 51.4. The second kappa shape index (κ2) is 40.8. The van der Waals surface area contributed by atoms with Crippen LogP contribution in [0, 0.1) is 60.4 Å². The van der Waals surface area contributed by atoms with Crippen LogP contribution in [-0.2, 0) is 50.1 Å². The van der Waals surface area contributed by atoms with Crippen molar-refractivity contribution in [2.75, 3.05) is 99.1 Å². The van der Waals surface area contributed by atoms with Crippen molar-refractivity contribution in [3.8, 4) is 40.8 Å². The number of aromatic hydroxyl groups is 1. The summed E-state index contributed by atoms with van der Waals surface area (Å²) in [6.45, 7) is 33.9. The number of nitrogens with one attached hydrogen (secondary N) is 5. The summed E-state index contributed by atoms with van der Waals surface area (Å²) in [6, 6.07) is 20.7. The number of sulfone groups is 2. The molecule has 3 atom stereocenters. The van der Waals surface area contributed by atoms with E-state index in [0.717, 1.165) is 62.6 Å². The molecule has 8 N–H and O–H groups in total. The molecular weight excluding hydrogens is 1950 g/mol. The number of halogens is 3. The summed E-state index contributed by atoms with van der Waals surface area (Å²) in [5.41, 5.74) is 7.90. The third kappa shape index (κ3) is 24.2. The lowest BCUT2D eigenvalue weighted by Gasteiger charge is -2.25. The standard InChI is InChI=1S/C32H33FN4O8S2.C28H32FN7O3.C27H31FN8O3.C11H20N2O2.C5H6N2O.17H2/c1-32(2,3)45-31(38)37(4)25-16-21(33)15-24-26-28(34-27(24)25)35-30(47(41,42)18-20-9-13-23(44-6)14-10-20)36-29(26)46(39,40)17-19-7-11-22(43-5)12-8-19;1-15-13-36(14-28(15)7-8-28)24-21-19-9-17(29)10-20(35(6)26(37)39-27(3,4)5)22(19)32-23(21)33-25(34-24)38-18-11-30-16(2)31-12-18;1-14-30-10-16(11-31-14)38-24-33-22-20(23(34-24)36-12-19(29)27(13-36)6-7-27)17-8-15(28)9-18(21(17)32-22)35(5)25(37)39-26(2,3)4;1-10(2,3)15-9(14)13-8-6-12-7-11(8)4-5-11;1-4-6-2-5(8)3-7-4;;;;;;;;;;;;;;;;;/h7-16H,17-18H2,1-6H3,(H,34,35,36);9-12,15H,7-8,13-14H2,1-6H3,(H,32,33,34);8-11,19H,6-7,12-13,29H2,1-5H3,(H,32,33,34);8,12H,4-7H2,1-3H3,(H,13,14);2-3,8H,1H3;17*1H/t;15-;19-;8-;;;;;;;;;;;;;;;;;;/m.000................../s1/i;;;;;16*1+1D;1+1. The molecule has 14 aromatic rings. The van der Waals surface area contributed by atoms with Crippen molar-refractivity contribution < 1.29 is 141 Å². The van der Waals surface area contributed by atoms with E-state index >= 15 is 13.2 Å². The Hall–Kier alpha value is -14.7. The number of benzene rings is 5. The summed E-state index contributed by atoms with van der Waals surface area (Å²) >= 11 is 0. The Bertz CT molecular complexity index is 7490. The van der Waals surface area contributed by atoms with Gasteiger partial charge in [-0.1, -0.05) is 31.2 Å². The average Bonchev–Trinajstić information content (AvgIpc) is 1.57. The highest BCUT2D eigenvalue weighted by atomic mass is 32.2. The lowest BCUT2D eigenvalue weighted by atomic mass is 9.95. The van der Waals surface area contributed by atoms with E-state index in [4.69, 9.17) is 106 Å². The molecule has 3 saturated carbocycles. The second-order valence-corrected chi connectivity index (χ2v) is 46.0. The number of hydrogen-bond donors (Lipinski definition) is 7. The van der Waals surface area contributed by atoms with Crippen LogP contribution in [0.2, 0.25) is 0 Å². The summed E-state index contributed by atoms with van der Waals surface area (Å²) in [7, 11) is -1.29. The van der Waals surface area contributed by atoms with Crippen LogP contribution in [0.5, 0.6) is 40.8 Å². The van der Waals surface area contributed by atoms with Gasteiger partial charge in [0.15, 0.2) is 22.3 Å². The molecule has 12 heterocycles. The average molecular weight is 2140 g/mol. The highest BCUT2D eigenvalue weighted by Gasteiger charge is 2.56. The number of fused-ring (bicyclic) bond motifs is 9. The van der Waals surface area contributed by atoms with Gasteiger partial charge >= 0.3 is 36.4 Å². The van der Waals surface area contributed by atoms with Crippen LogP contribution in [0.3, 0.4) is 0 Å². The smallest absolute Gasteiger partial charge is 0.414 e. The van der Waals surface area contributed by atoms with Crippen molar-refractivity contribution in [1.29, 1.82) is 0 Å². The van der Waals surface area contributed by atoms with E-state index in [2.05, 4.69) is 92.1 Å². The predicted molar refractivity (Wildman–Crippen MR) is 586 cm³/mol.